The molecule has 21 heavy (non-hydrogen) atoms. The quantitative estimate of drug-likeness (QED) is 0.857. The lowest BCUT2D eigenvalue weighted by Crippen LogP contribution is -2.45. The van der Waals surface area contributed by atoms with Gasteiger partial charge in [0.05, 0.1) is 5.92 Å². The van der Waals surface area contributed by atoms with Crippen molar-refractivity contribution in [3.8, 4) is 0 Å². The van der Waals surface area contributed by atoms with Gasteiger partial charge in [0.2, 0.25) is 11.0 Å². The number of nitrogens with zero attached hydrogens (tertiary/aromatic N) is 6. The fraction of sp³-hybridized carbons (Fsp3) is 0.692. The van der Waals surface area contributed by atoms with Crippen LogP contribution in [-0.2, 0) is 5.41 Å². The molecule has 0 aliphatic carbocycles. The maximum atomic E-state index is 5.31. The number of hydrogen-bond acceptors (Lipinski definition) is 8. The Bertz CT molecular complexity index is 623. The summed E-state index contributed by atoms with van der Waals surface area (Å²) in [7, 11) is 3.80. The van der Waals surface area contributed by atoms with Gasteiger partial charge in [-0.1, -0.05) is 20.8 Å². The highest BCUT2D eigenvalue weighted by atomic mass is 32.1. The highest BCUT2D eigenvalue weighted by molar-refractivity contribution is 7.09. The van der Waals surface area contributed by atoms with Gasteiger partial charge in [-0.25, -0.2) is 4.98 Å². The summed E-state index contributed by atoms with van der Waals surface area (Å²) >= 11 is 1.46. The Hall–Kier alpha value is -1.70. The van der Waals surface area contributed by atoms with Crippen LogP contribution in [0.4, 0.5) is 11.1 Å². The summed E-state index contributed by atoms with van der Waals surface area (Å²) in [6.07, 6.45) is 0. The molecule has 2 aromatic heterocycles. The van der Waals surface area contributed by atoms with Crippen LogP contribution in [0.25, 0.3) is 0 Å². The van der Waals surface area contributed by atoms with E-state index in [4.69, 9.17) is 4.52 Å². The standard InChI is InChI=1S/C13H20N6OS/c1-13(2,3)10-15-12(21-17-10)19-6-8(7-19)9-14-11(16-20-9)18(4)5/h8H,6-7H2,1-5H3. The van der Waals surface area contributed by atoms with Gasteiger partial charge in [0, 0.05) is 44.1 Å². The monoisotopic (exact) mass is 308 g/mol. The molecule has 8 heteroatoms. The molecule has 1 fully saturated rings. The molecule has 114 valence electrons. The first kappa shape index (κ1) is 14.2. The van der Waals surface area contributed by atoms with Gasteiger partial charge in [0.1, 0.15) is 5.82 Å². The number of aromatic nitrogens is 4. The van der Waals surface area contributed by atoms with Crippen molar-refractivity contribution < 1.29 is 4.52 Å². The molecule has 1 aliphatic heterocycles. The molecule has 3 heterocycles. The highest BCUT2D eigenvalue weighted by Crippen LogP contribution is 2.33. The molecular weight excluding hydrogens is 288 g/mol. The Labute approximate surface area is 128 Å². The van der Waals surface area contributed by atoms with Gasteiger partial charge in [0.25, 0.3) is 5.95 Å². The summed E-state index contributed by atoms with van der Waals surface area (Å²) in [6, 6.07) is 0. The van der Waals surface area contributed by atoms with Crippen molar-refractivity contribution in [3.05, 3.63) is 11.7 Å². The van der Waals surface area contributed by atoms with E-state index >= 15 is 0 Å². The van der Waals surface area contributed by atoms with Crippen molar-refractivity contribution in [1.82, 2.24) is 19.5 Å². The van der Waals surface area contributed by atoms with Crippen LogP contribution < -0.4 is 9.80 Å². The Balaban J connectivity index is 1.64. The smallest absolute Gasteiger partial charge is 0.265 e. The summed E-state index contributed by atoms with van der Waals surface area (Å²) in [5, 5.41) is 4.92. The summed E-state index contributed by atoms with van der Waals surface area (Å²) in [6.45, 7) is 8.08. The van der Waals surface area contributed by atoms with Crippen LogP contribution in [0.15, 0.2) is 4.52 Å². The summed E-state index contributed by atoms with van der Waals surface area (Å²) in [4.78, 5) is 13.1. The van der Waals surface area contributed by atoms with Crippen LogP contribution in [0.2, 0.25) is 0 Å². The van der Waals surface area contributed by atoms with E-state index in [2.05, 4.69) is 45.2 Å². The minimum atomic E-state index is -0.00782. The van der Waals surface area contributed by atoms with Gasteiger partial charge >= 0.3 is 0 Å². The summed E-state index contributed by atoms with van der Waals surface area (Å²) in [5.74, 6) is 2.51. The Morgan fingerprint density at radius 3 is 2.48 bits per heavy atom. The molecule has 0 bridgehead atoms. The number of rotatable bonds is 3. The minimum Gasteiger partial charge on any atom is -0.345 e. The van der Waals surface area contributed by atoms with Crippen LogP contribution >= 0.6 is 11.5 Å². The molecule has 0 radical (unpaired) electrons. The second-order valence-electron chi connectivity index (χ2n) is 6.58. The third-order valence-electron chi connectivity index (χ3n) is 3.42. The van der Waals surface area contributed by atoms with Crippen molar-refractivity contribution in [3.63, 3.8) is 0 Å². The predicted octanol–water partition coefficient (Wildman–Crippen LogP) is 1.89. The maximum absolute atomic E-state index is 5.31. The second-order valence-corrected chi connectivity index (χ2v) is 7.31. The van der Waals surface area contributed by atoms with E-state index in [9.17, 15) is 0 Å². The molecule has 1 aliphatic rings. The van der Waals surface area contributed by atoms with Crippen molar-refractivity contribution in [2.75, 3.05) is 37.0 Å². The molecular formula is C13H20N6OS. The fourth-order valence-corrected chi connectivity index (χ4v) is 2.89. The lowest BCUT2D eigenvalue weighted by atomic mass is 9.96. The Kier molecular flexibility index (Phi) is 3.35. The molecule has 0 aromatic carbocycles. The van der Waals surface area contributed by atoms with Crippen molar-refractivity contribution in [2.45, 2.75) is 32.1 Å². The molecule has 1 saturated heterocycles. The number of hydrogen-bond donors (Lipinski definition) is 0. The van der Waals surface area contributed by atoms with Crippen LogP contribution in [0.1, 0.15) is 38.4 Å². The molecule has 0 atom stereocenters. The van der Waals surface area contributed by atoms with Crippen LogP contribution in [0.5, 0.6) is 0 Å². The van der Waals surface area contributed by atoms with E-state index in [1.165, 1.54) is 11.5 Å². The van der Waals surface area contributed by atoms with E-state index in [0.29, 0.717) is 11.8 Å². The molecule has 0 amide bonds. The molecule has 7 nitrogen and oxygen atoms in total. The first-order valence-corrected chi connectivity index (χ1v) is 7.72. The third kappa shape index (κ3) is 2.72. The average molecular weight is 308 g/mol. The van der Waals surface area contributed by atoms with Gasteiger partial charge in [0.15, 0.2) is 0 Å². The van der Waals surface area contributed by atoms with E-state index < -0.39 is 0 Å². The summed E-state index contributed by atoms with van der Waals surface area (Å²) in [5.41, 5.74) is -0.00782. The van der Waals surface area contributed by atoms with Gasteiger partial charge in [-0.05, 0) is 5.16 Å². The first-order chi connectivity index (χ1) is 9.84. The molecule has 2 aromatic rings. The van der Waals surface area contributed by atoms with E-state index in [1.807, 2.05) is 19.0 Å². The molecule has 0 N–H and O–H groups in total. The van der Waals surface area contributed by atoms with Crippen molar-refractivity contribution in [1.29, 1.82) is 0 Å². The Morgan fingerprint density at radius 1 is 1.24 bits per heavy atom. The zero-order valence-electron chi connectivity index (χ0n) is 13.0. The minimum absolute atomic E-state index is 0.00782. The third-order valence-corrected chi connectivity index (χ3v) is 4.20. The molecule has 0 spiro atoms. The van der Waals surface area contributed by atoms with E-state index in [-0.39, 0.29) is 11.3 Å². The van der Waals surface area contributed by atoms with Crippen LogP contribution in [0.3, 0.4) is 0 Å². The van der Waals surface area contributed by atoms with Crippen LogP contribution in [0, 0.1) is 0 Å². The van der Waals surface area contributed by atoms with Gasteiger partial charge in [-0.2, -0.15) is 9.36 Å². The zero-order chi connectivity index (χ0) is 15.2. The molecule has 0 saturated carbocycles. The Morgan fingerprint density at radius 2 is 1.95 bits per heavy atom. The lowest BCUT2D eigenvalue weighted by molar-refractivity contribution is 0.328. The molecule has 3 rings (SSSR count). The fourth-order valence-electron chi connectivity index (χ4n) is 2.01. The van der Waals surface area contributed by atoms with Crippen molar-refractivity contribution in [2.24, 2.45) is 0 Å². The SMILES string of the molecule is CN(C)c1noc(C2CN(c3nc(C(C)(C)C)ns3)C2)n1. The summed E-state index contributed by atoms with van der Waals surface area (Å²) < 4.78 is 9.76. The van der Waals surface area contributed by atoms with Crippen LogP contribution in [-0.4, -0.2) is 46.7 Å². The van der Waals surface area contributed by atoms with Gasteiger partial charge in [-0.15, -0.1) is 0 Å². The van der Waals surface area contributed by atoms with Crippen molar-refractivity contribution >= 4 is 22.6 Å². The normalized spacial score (nSPS) is 16.1. The average Bonchev–Trinajstić information content (AvgIpc) is 2.94. The topological polar surface area (TPSA) is 71.2 Å². The highest BCUT2D eigenvalue weighted by Gasteiger charge is 2.35. The van der Waals surface area contributed by atoms with E-state index in [1.54, 1.807) is 0 Å². The maximum Gasteiger partial charge on any atom is 0.265 e. The predicted molar refractivity (Wildman–Crippen MR) is 82.2 cm³/mol. The van der Waals surface area contributed by atoms with Gasteiger partial charge in [-0.3, -0.25) is 0 Å². The second kappa shape index (κ2) is 4.94. The van der Waals surface area contributed by atoms with Gasteiger partial charge < -0.3 is 14.3 Å². The van der Waals surface area contributed by atoms with E-state index in [0.717, 1.165) is 24.0 Å². The lowest BCUT2D eigenvalue weighted by Gasteiger charge is -2.36. The first-order valence-electron chi connectivity index (χ1n) is 6.94. The largest absolute Gasteiger partial charge is 0.345 e. The molecule has 0 unspecified atom stereocenters. The zero-order valence-corrected chi connectivity index (χ0v) is 13.8. The number of anilines is 2.